The van der Waals surface area contributed by atoms with Crippen LogP contribution in [0.1, 0.15) is 16.1 Å². The van der Waals surface area contributed by atoms with Crippen LogP contribution in [0.3, 0.4) is 0 Å². The summed E-state index contributed by atoms with van der Waals surface area (Å²) < 4.78 is 10.9. The van der Waals surface area contributed by atoms with Crippen LogP contribution in [0.2, 0.25) is 5.02 Å². The Balaban J connectivity index is 1.95. The number of rotatable bonds is 3. The van der Waals surface area contributed by atoms with E-state index in [1.165, 1.54) is 0 Å². The molecule has 0 saturated carbocycles. The molecule has 5 heteroatoms. The van der Waals surface area contributed by atoms with E-state index in [0.717, 1.165) is 16.7 Å². The Kier molecular flexibility index (Phi) is 3.77. The number of halogens is 1. The van der Waals surface area contributed by atoms with Crippen molar-refractivity contribution in [2.24, 2.45) is 0 Å². The molecule has 0 aliphatic carbocycles. The maximum Gasteiger partial charge on any atom is 0.291 e. The Labute approximate surface area is 132 Å². The van der Waals surface area contributed by atoms with Crippen LogP contribution in [-0.4, -0.2) is 13.0 Å². The van der Waals surface area contributed by atoms with Gasteiger partial charge < -0.3 is 14.5 Å². The molecule has 0 aliphatic rings. The zero-order chi connectivity index (χ0) is 15.7. The highest BCUT2D eigenvalue weighted by Crippen LogP contribution is 2.29. The van der Waals surface area contributed by atoms with Crippen molar-refractivity contribution in [1.29, 1.82) is 0 Å². The van der Waals surface area contributed by atoms with Gasteiger partial charge in [-0.1, -0.05) is 17.7 Å². The van der Waals surface area contributed by atoms with Gasteiger partial charge in [0.25, 0.3) is 5.91 Å². The number of fused-ring (bicyclic) bond motifs is 1. The summed E-state index contributed by atoms with van der Waals surface area (Å²) in [6.45, 7) is 1.85. The second-order valence-electron chi connectivity index (χ2n) is 4.88. The van der Waals surface area contributed by atoms with Crippen LogP contribution in [0.5, 0.6) is 5.75 Å². The molecule has 22 heavy (non-hydrogen) atoms. The van der Waals surface area contributed by atoms with Gasteiger partial charge in [-0.05, 0) is 43.3 Å². The van der Waals surface area contributed by atoms with Crippen molar-refractivity contribution in [2.75, 3.05) is 12.4 Å². The normalized spacial score (nSPS) is 10.7. The molecule has 0 bridgehead atoms. The van der Waals surface area contributed by atoms with Crippen molar-refractivity contribution in [2.45, 2.75) is 6.92 Å². The Morgan fingerprint density at radius 1 is 1.23 bits per heavy atom. The van der Waals surface area contributed by atoms with Crippen molar-refractivity contribution >= 4 is 34.2 Å². The lowest BCUT2D eigenvalue weighted by Gasteiger charge is -2.04. The van der Waals surface area contributed by atoms with Crippen molar-refractivity contribution in [1.82, 2.24) is 0 Å². The van der Waals surface area contributed by atoms with Crippen LogP contribution in [0, 0.1) is 6.92 Å². The van der Waals surface area contributed by atoms with Gasteiger partial charge in [-0.15, -0.1) is 0 Å². The second-order valence-corrected chi connectivity index (χ2v) is 5.32. The smallest absolute Gasteiger partial charge is 0.291 e. The quantitative estimate of drug-likeness (QED) is 0.765. The van der Waals surface area contributed by atoms with E-state index in [1.54, 1.807) is 43.5 Å². The molecule has 1 aromatic heterocycles. The first-order valence-corrected chi connectivity index (χ1v) is 7.10. The number of furan rings is 1. The number of benzene rings is 2. The number of hydrogen-bond donors (Lipinski definition) is 1. The highest BCUT2D eigenvalue weighted by atomic mass is 35.5. The summed E-state index contributed by atoms with van der Waals surface area (Å²) >= 11 is 5.91. The molecule has 0 fully saturated rings. The van der Waals surface area contributed by atoms with Crippen molar-refractivity contribution in [3.8, 4) is 5.75 Å². The summed E-state index contributed by atoms with van der Waals surface area (Å²) in [7, 11) is 1.60. The second kappa shape index (κ2) is 5.73. The fourth-order valence-corrected chi connectivity index (χ4v) is 2.49. The van der Waals surface area contributed by atoms with E-state index in [1.807, 2.05) is 13.0 Å². The van der Waals surface area contributed by atoms with Gasteiger partial charge in [-0.25, -0.2) is 0 Å². The maximum atomic E-state index is 12.4. The number of hydrogen-bond acceptors (Lipinski definition) is 3. The van der Waals surface area contributed by atoms with Crippen LogP contribution in [0.4, 0.5) is 5.69 Å². The predicted molar refractivity (Wildman–Crippen MR) is 86.9 cm³/mol. The number of carbonyl (C=O) groups excluding carboxylic acids is 1. The minimum atomic E-state index is -0.310. The third-order valence-electron chi connectivity index (χ3n) is 3.43. The molecule has 3 aromatic rings. The van der Waals surface area contributed by atoms with Gasteiger partial charge >= 0.3 is 0 Å². The number of amides is 1. The van der Waals surface area contributed by atoms with E-state index in [0.29, 0.717) is 16.3 Å². The first-order valence-electron chi connectivity index (χ1n) is 6.72. The van der Waals surface area contributed by atoms with Gasteiger partial charge in [-0.3, -0.25) is 4.79 Å². The molecule has 3 rings (SSSR count). The van der Waals surface area contributed by atoms with Gasteiger partial charge in [0.15, 0.2) is 5.76 Å². The van der Waals surface area contributed by atoms with Crippen LogP contribution in [0.25, 0.3) is 11.0 Å². The van der Waals surface area contributed by atoms with Crippen molar-refractivity contribution < 1.29 is 13.9 Å². The summed E-state index contributed by atoms with van der Waals surface area (Å²) in [6.07, 6.45) is 0. The lowest BCUT2D eigenvalue weighted by atomic mass is 10.1. The highest BCUT2D eigenvalue weighted by Gasteiger charge is 2.18. The first kappa shape index (κ1) is 14.5. The summed E-state index contributed by atoms with van der Waals surface area (Å²) in [5, 5.41) is 4.20. The van der Waals surface area contributed by atoms with Gasteiger partial charge in [0.05, 0.1) is 7.11 Å². The topological polar surface area (TPSA) is 51.5 Å². The van der Waals surface area contributed by atoms with E-state index >= 15 is 0 Å². The average molecular weight is 316 g/mol. The molecule has 0 radical (unpaired) electrons. The van der Waals surface area contributed by atoms with Gasteiger partial charge in [0.1, 0.15) is 11.3 Å². The molecular formula is C17H14ClNO3. The number of carbonyl (C=O) groups is 1. The monoisotopic (exact) mass is 315 g/mol. The lowest BCUT2D eigenvalue weighted by molar-refractivity contribution is 0.0998. The Hall–Kier alpha value is -2.46. The molecule has 0 saturated heterocycles. The summed E-state index contributed by atoms with van der Waals surface area (Å²) in [6, 6.07) is 12.4. The van der Waals surface area contributed by atoms with E-state index in [2.05, 4.69) is 5.32 Å². The molecule has 2 aromatic carbocycles. The van der Waals surface area contributed by atoms with E-state index < -0.39 is 0 Å². The third kappa shape index (κ3) is 2.65. The van der Waals surface area contributed by atoms with Crippen molar-refractivity contribution in [3.05, 3.63) is 58.8 Å². The standard InChI is InChI=1S/C17H14ClNO3/c1-10-14-9-13(21-2)6-7-15(14)22-16(10)17(20)19-12-5-3-4-11(18)8-12/h3-9H,1-2H3,(H,19,20). The number of nitrogens with one attached hydrogen (secondary N) is 1. The third-order valence-corrected chi connectivity index (χ3v) is 3.67. The zero-order valence-corrected chi connectivity index (χ0v) is 12.9. The molecule has 4 nitrogen and oxygen atoms in total. The van der Waals surface area contributed by atoms with Gasteiger partial charge in [0.2, 0.25) is 0 Å². The molecule has 112 valence electrons. The van der Waals surface area contributed by atoms with Crippen LogP contribution < -0.4 is 10.1 Å². The maximum absolute atomic E-state index is 12.4. The van der Waals surface area contributed by atoms with Crippen LogP contribution >= 0.6 is 11.6 Å². The lowest BCUT2D eigenvalue weighted by Crippen LogP contribution is -2.11. The Morgan fingerprint density at radius 2 is 2.05 bits per heavy atom. The summed E-state index contributed by atoms with van der Waals surface area (Å²) in [5.74, 6) is 0.691. The summed E-state index contributed by atoms with van der Waals surface area (Å²) in [4.78, 5) is 12.4. The van der Waals surface area contributed by atoms with Crippen LogP contribution in [-0.2, 0) is 0 Å². The van der Waals surface area contributed by atoms with E-state index in [9.17, 15) is 4.79 Å². The number of aryl methyl sites for hydroxylation is 1. The highest BCUT2D eigenvalue weighted by molar-refractivity contribution is 6.31. The molecular weight excluding hydrogens is 302 g/mol. The molecule has 0 atom stereocenters. The number of anilines is 1. The van der Waals surface area contributed by atoms with E-state index in [4.69, 9.17) is 20.8 Å². The SMILES string of the molecule is COc1ccc2oc(C(=O)Nc3cccc(Cl)c3)c(C)c2c1. The minimum absolute atomic E-state index is 0.281. The number of ether oxygens (including phenoxy) is 1. The molecule has 0 unspecified atom stereocenters. The van der Waals surface area contributed by atoms with Crippen molar-refractivity contribution in [3.63, 3.8) is 0 Å². The molecule has 1 amide bonds. The van der Waals surface area contributed by atoms with Gasteiger partial charge in [-0.2, -0.15) is 0 Å². The predicted octanol–water partition coefficient (Wildman–Crippen LogP) is 4.66. The largest absolute Gasteiger partial charge is 0.497 e. The molecule has 0 aliphatic heterocycles. The molecule has 0 spiro atoms. The molecule has 1 N–H and O–H groups in total. The minimum Gasteiger partial charge on any atom is -0.497 e. The summed E-state index contributed by atoms with van der Waals surface area (Å²) in [5.41, 5.74) is 2.04. The fraction of sp³-hybridized carbons (Fsp3) is 0.118. The molecule has 1 heterocycles. The Morgan fingerprint density at radius 3 is 2.77 bits per heavy atom. The zero-order valence-electron chi connectivity index (χ0n) is 12.1. The van der Waals surface area contributed by atoms with Crippen LogP contribution in [0.15, 0.2) is 46.9 Å². The average Bonchev–Trinajstić information content (AvgIpc) is 2.84. The number of methoxy groups -OCH3 is 1. The van der Waals surface area contributed by atoms with E-state index in [-0.39, 0.29) is 11.7 Å². The first-order chi connectivity index (χ1) is 10.6. The van der Waals surface area contributed by atoms with Gasteiger partial charge in [0, 0.05) is 21.7 Å². The fourth-order valence-electron chi connectivity index (χ4n) is 2.30. The Bertz CT molecular complexity index is 854.